The van der Waals surface area contributed by atoms with Crippen LogP contribution in [0.3, 0.4) is 0 Å². The molecule has 0 bridgehead atoms. The van der Waals surface area contributed by atoms with Gasteiger partial charge in [0.25, 0.3) is 0 Å². The lowest BCUT2D eigenvalue weighted by molar-refractivity contribution is 0.234. The van der Waals surface area contributed by atoms with Crippen molar-refractivity contribution in [2.45, 2.75) is 26.5 Å². The molecule has 0 amide bonds. The third-order valence-electron chi connectivity index (χ3n) is 2.68. The smallest absolute Gasteiger partial charge is 0.237 e. The zero-order valence-electron chi connectivity index (χ0n) is 11.7. The number of anilines is 1. The Balaban J connectivity index is 2.13. The summed E-state index contributed by atoms with van der Waals surface area (Å²) < 4.78 is 6.97. The first-order valence-corrected chi connectivity index (χ1v) is 8.08. The van der Waals surface area contributed by atoms with E-state index in [1.54, 1.807) is 6.20 Å². The quantitative estimate of drug-likeness (QED) is 0.742. The van der Waals surface area contributed by atoms with E-state index in [9.17, 15) is 5.11 Å². The molecule has 0 unspecified atom stereocenters. The fourth-order valence-electron chi connectivity index (χ4n) is 1.76. The van der Waals surface area contributed by atoms with Crippen LogP contribution in [-0.4, -0.2) is 16.2 Å². The topological polar surface area (TPSA) is 54.4 Å². The Morgan fingerprint density at radius 2 is 1.95 bits per heavy atom. The Hall–Kier alpha value is -1.27. The first kappa shape index (κ1) is 16.1. The van der Waals surface area contributed by atoms with Gasteiger partial charge in [0.2, 0.25) is 5.88 Å². The van der Waals surface area contributed by atoms with E-state index in [1.807, 2.05) is 38.1 Å². The number of rotatable bonds is 5. The van der Waals surface area contributed by atoms with Crippen LogP contribution < -0.4 is 10.1 Å². The summed E-state index contributed by atoms with van der Waals surface area (Å²) in [6.07, 6.45) is 1.77. The summed E-state index contributed by atoms with van der Waals surface area (Å²) in [5.41, 5.74) is 1.86. The fourth-order valence-corrected chi connectivity index (χ4v) is 3.04. The number of benzene rings is 1. The van der Waals surface area contributed by atoms with Crippen molar-refractivity contribution in [2.24, 2.45) is 0 Å². The highest BCUT2D eigenvalue weighted by molar-refractivity contribution is 9.11. The summed E-state index contributed by atoms with van der Waals surface area (Å²) >= 11 is 6.65. The molecule has 21 heavy (non-hydrogen) atoms. The number of phenols is 1. The standard InChI is InChI=1S/C15H16Br2N2O2/c1-9(2)21-15-13(4-3-5-18-15)19-8-10-6-11(16)14(20)12(17)7-10/h3-7,9,19-20H,8H2,1-2H3. The summed E-state index contributed by atoms with van der Waals surface area (Å²) in [6, 6.07) is 7.52. The number of nitrogens with one attached hydrogen (secondary N) is 1. The van der Waals surface area contributed by atoms with Crippen molar-refractivity contribution in [3.05, 3.63) is 45.0 Å². The molecule has 4 nitrogen and oxygen atoms in total. The average molecular weight is 416 g/mol. The number of hydrogen-bond donors (Lipinski definition) is 2. The normalized spacial score (nSPS) is 10.7. The van der Waals surface area contributed by atoms with E-state index in [0.717, 1.165) is 11.3 Å². The van der Waals surface area contributed by atoms with Gasteiger partial charge in [-0.05, 0) is 75.5 Å². The summed E-state index contributed by atoms with van der Waals surface area (Å²) in [4.78, 5) is 4.24. The minimum Gasteiger partial charge on any atom is -0.506 e. The highest BCUT2D eigenvalue weighted by Gasteiger charge is 2.09. The molecule has 0 aliphatic carbocycles. The van der Waals surface area contributed by atoms with Crippen molar-refractivity contribution in [3.63, 3.8) is 0 Å². The number of halogens is 2. The van der Waals surface area contributed by atoms with Crippen molar-refractivity contribution in [1.82, 2.24) is 4.98 Å². The number of aromatic hydroxyl groups is 1. The Morgan fingerprint density at radius 3 is 2.57 bits per heavy atom. The van der Waals surface area contributed by atoms with Crippen molar-refractivity contribution in [2.75, 3.05) is 5.32 Å². The molecule has 0 saturated carbocycles. The van der Waals surface area contributed by atoms with Crippen LogP contribution in [-0.2, 0) is 6.54 Å². The first-order chi connectivity index (χ1) is 9.97. The molecule has 2 rings (SSSR count). The molecule has 0 fully saturated rings. The van der Waals surface area contributed by atoms with Gasteiger partial charge in [0.15, 0.2) is 0 Å². The number of phenolic OH excluding ortho intramolecular Hbond substituents is 1. The van der Waals surface area contributed by atoms with Crippen molar-refractivity contribution >= 4 is 37.5 Å². The van der Waals surface area contributed by atoms with Crippen LogP contribution in [0, 0.1) is 0 Å². The second-order valence-corrected chi connectivity index (χ2v) is 6.49. The highest BCUT2D eigenvalue weighted by Crippen LogP contribution is 2.33. The molecule has 6 heteroatoms. The second kappa shape index (κ2) is 7.13. The summed E-state index contributed by atoms with van der Waals surface area (Å²) in [5, 5.41) is 13.0. The van der Waals surface area contributed by atoms with Gasteiger partial charge in [0, 0.05) is 12.7 Å². The molecule has 1 heterocycles. The Bertz CT molecular complexity index is 610. The Kier molecular flexibility index (Phi) is 5.47. The summed E-state index contributed by atoms with van der Waals surface area (Å²) in [6.45, 7) is 4.52. The molecule has 0 aliphatic heterocycles. The SMILES string of the molecule is CC(C)Oc1ncccc1NCc1cc(Br)c(O)c(Br)c1. The minimum absolute atomic E-state index is 0.0670. The summed E-state index contributed by atoms with van der Waals surface area (Å²) in [5.74, 6) is 0.786. The molecular formula is C15H16Br2N2O2. The van der Waals surface area contributed by atoms with Crippen LogP contribution >= 0.6 is 31.9 Å². The highest BCUT2D eigenvalue weighted by atomic mass is 79.9. The zero-order chi connectivity index (χ0) is 15.4. The lowest BCUT2D eigenvalue weighted by Gasteiger charge is -2.14. The van der Waals surface area contributed by atoms with Crippen molar-refractivity contribution < 1.29 is 9.84 Å². The minimum atomic E-state index is 0.0670. The molecule has 0 spiro atoms. The first-order valence-electron chi connectivity index (χ1n) is 6.50. The summed E-state index contributed by atoms with van der Waals surface area (Å²) in [7, 11) is 0. The van der Waals surface area contributed by atoms with Crippen LogP contribution in [0.2, 0.25) is 0 Å². The van der Waals surface area contributed by atoms with Crippen LogP contribution in [0.4, 0.5) is 5.69 Å². The van der Waals surface area contributed by atoms with Crippen molar-refractivity contribution in [3.8, 4) is 11.6 Å². The Morgan fingerprint density at radius 1 is 1.29 bits per heavy atom. The maximum Gasteiger partial charge on any atom is 0.237 e. The molecule has 112 valence electrons. The van der Waals surface area contributed by atoms with Gasteiger partial charge in [-0.15, -0.1) is 0 Å². The second-order valence-electron chi connectivity index (χ2n) is 4.78. The third kappa shape index (κ3) is 4.35. The number of nitrogens with zero attached hydrogens (tertiary/aromatic N) is 1. The number of pyridine rings is 1. The van der Waals surface area contributed by atoms with Crippen LogP contribution in [0.5, 0.6) is 11.6 Å². The molecule has 0 saturated heterocycles. The maximum atomic E-state index is 9.72. The van der Waals surface area contributed by atoms with Gasteiger partial charge in [-0.2, -0.15) is 0 Å². The lowest BCUT2D eigenvalue weighted by atomic mass is 10.2. The van der Waals surface area contributed by atoms with Crippen LogP contribution in [0.1, 0.15) is 19.4 Å². The molecule has 1 aromatic carbocycles. The fraction of sp³-hybridized carbons (Fsp3) is 0.267. The lowest BCUT2D eigenvalue weighted by Crippen LogP contribution is -2.10. The van der Waals surface area contributed by atoms with Gasteiger partial charge in [0.1, 0.15) is 5.75 Å². The van der Waals surface area contributed by atoms with Gasteiger partial charge < -0.3 is 15.2 Å². The molecular weight excluding hydrogens is 400 g/mol. The van der Waals surface area contributed by atoms with E-state index in [4.69, 9.17) is 4.74 Å². The van der Waals surface area contributed by atoms with E-state index in [1.165, 1.54) is 0 Å². The van der Waals surface area contributed by atoms with Crippen LogP contribution in [0.15, 0.2) is 39.4 Å². The van der Waals surface area contributed by atoms with Crippen LogP contribution in [0.25, 0.3) is 0 Å². The van der Waals surface area contributed by atoms with E-state index in [0.29, 0.717) is 21.4 Å². The third-order valence-corrected chi connectivity index (χ3v) is 3.89. The zero-order valence-corrected chi connectivity index (χ0v) is 14.9. The average Bonchev–Trinajstić information content (AvgIpc) is 2.43. The monoisotopic (exact) mass is 414 g/mol. The van der Waals surface area contributed by atoms with E-state index in [2.05, 4.69) is 42.2 Å². The van der Waals surface area contributed by atoms with E-state index >= 15 is 0 Å². The molecule has 0 radical (unpaired) electrons. The number of ether oxygens (including phenoxy) is 1. The van der Waals surface area contributed by atoms with Gasteiger partial charge in [-0.25, -0.2) is 4.98 Å². The van der Waals surface area contributed by atoms with Gasteiger partial charge in [-0.1, -0.05) is 0 Å². The van der Waals surface area contributed by atoms with Gasteiger partial charge in [-0.3, -0.25) is 0 Å². The Labute approximate surface area is 140 Å². The molecule has 2 N–H and O–H groups in total. The molecule has 1 aromatic heterocycles. The predicted molar refractivity (Wildman–Crippen MR) is 90.8 cm³/mol. The number of aromatic nitrogens is 1. The maximum absolute atomic E-state index is 9.72. The van der Waals surface area contributed by atoms with Gasteiger partial charge in [0.05, 0.1) is 20.7 Å². The molecule has 2 aromatic rings. The van der Waals surface area contributed by atoms with E-state index < -0.39 is 0 Å². The van der Waals surface area contributed by atoms with Crippen molar-refractivity contribution in [1.29, 1.82) is 0 Å². The van der Waals surface area contributed by atoms with Gasteiger partial charge >= 0.3 is 0 Å². The molecule has 0 atom stereocenters. The van der Waals surface area contributed by atoms with E-state index in [-0.39, 0.29) is 11.9 Å². The predicted octanol–water partition coefficient (Wildman–Crippen LogP) is 4.71. The largest absolute Gasteiger partial charge is 0.506 e. The number of hydrogen-bond acceptors (Lipinski definition) is 4. The molecule has 0 aliphatic rings.